The predicted octanol–water partition coefficient (Wildman–Crippen LogP) is 4.72. The number of hydrogen-bond donors (Lipinski definition) is 1. The molecule has 1 saturated heterocycles. The third-order valence-electron chi connectivity index (χ3n) is 7.67. The second-order valence-electron chi connectivity index (χ2n) is 10.3. The zero-order chi connectivity index (χ0) is 25.9. The summed E-state index contributed by atoms with van der Waals surface area (Å²) in [5.74, 6) is 1.20. The molecule has 0 unspecified atom stereocenters. The summed E-state index contributed by atoms with van der Waals surface area (Å²) in [4.78, 5) is 49.1. The number of fused-ring (bicyclic) bond motifs is 2. The average Bonchev–Trinajstić information content (AvgIpc) is 3.75. The Balaban J connectivity index is 1.19. The minimum atomic E-state index is -0.316. The molecule has 1 N–H and O–H groups in total. The van der Waals surface area contributed by atoms with Gasteiger partial charge in [0.2, 0.25) is 11.8 Å². The van der Waals surface area contributed by atoms with E-state index in [-0.39, 0.29) is 24.3 Å². The van der Waals surface area contributed by atoms with Crippen molar-refractivity contribution in [2.75, 3.05) is 42.9 Å². The van der Waals surface area contributed by atoms with Crippen molar-refractivity contribution in [2.45, 2.75) is 45.4 Å². The van der Waals surface area contributed by atoms with Gasteiger partial charge < -0.3 is 10.2 Å². The van der Waals surface area contributed by atoms with Gasteiger partial charge in [0.25, 0.3) is 5.91 Å². The number of likely N-dealkylation sites (tertiary alicyclic amines) is 1. The zero-order valence-corrected chi connectivity index (χ0v) is 22.0. The third kappa shape index (κ3) is 5.80. The number of aromatic nitrogens is 1. The monoisotopic (exact) mass is 523 g/mol. The summed E-state index contributed by atoms with van der Waals surface area (Å²) in [6.07, 6.45) is 7.95. The van der Waals surface area contributed by atoms with Gasteiger partial charge in [0.15, 0.2) is 5.82 Å². The van der Waals surface area contributed by atoms with Gasteiger partial charge in [-0.25, -0.2) is 4.98 Å². The Hall–Kier alpha value is -2.97. The molecule has 1 aliphatic carbocycles. The Morgan fingerprint density at radius 2 is 1.95 bits per heavy atom. The number of carbonyl (C=O) groups is 3. The first-order valence-electron chi connectivity index (χ1n) is 13.3. The average molecular weight is 524 g/mol. The van der Waals surface area contributed by atoms with Gasteiger partial charge >= 0.3 is 0 Å². The Bertz CT molecular complexity index is 1180. The first-order valence-corrected chi connectivity index (χ1v) is 13.7. The summed E-state index contributed by atoms with van der Waals surface area (Å²) in [6.45, 7) is 5.65. The van der Waals surface area contributed by atoms with Crippen molar-refractivity contribution in [2.24, 2.45) is 11.8 Å². The highest BCUT2D eigenvalue weighted by Gasteiger charge is 2.34. The van der Waals surface area contributed by atoms with Gasteiger partial charge in [0, 0.05) is 30.2 Å². The van der Waals surface area contributed by atoms with E-state index in [1.54, 1.807) is 41.4 Å². The number of carbonyl (C=O) groups excluding carboxylic acids is 3. The Kier molecular flexibility index (Phi) is 7.76. The third-order valence-corrected chi connectivity index (χ3v) is 7.90. The molecule has 3 aliphatic rings. The normalized spacial score (nSPS) is 18.0. The molecule has 0 bridgehead atoms. The molecule has 5 rings (SSSR count). The van der Waals surface area contributed by atoms with E-state index in [9.17, 15) is 14.4 Å². The van der Waals surface area contributed by atoms with Crippen molar-refractivity contribution in [3.05, 3.63) is 47.1 Å². The summed E-state index contributed by atoms with van der Waals surface area (Å²) < 4.78 is 0. The van der Waals surface area contributed by atoms with E-state index in [0.29, 0.717) is 39.6 Å². The molecule has 8 nitrogen and oxygen atoms in total. The lowest BCUT2D eigenvalue weighted by Crippen LogP contribution is -2.42. The van der Waals surface area contributed by atoms with Gasteiger partial charge in [-0.05, 0) is 94.8 Å². The lowest BCUT2D eigenvalue weighted by Gasteiger charge is -2.33. The maximum atomic E-state index is 13.7. The fourth-order valence-corrected chi connectivity index (χ4v) is 5.56. The van der Waals surface area contributed by atoms with E-state index in [2.05, 4.69) is 22.1 Å². The van der Waals surface area contributed by atoms with Crippen LogP contribution in [0.15, 0.2) is 36.5 Å². The van der Waals surface area contributed by atoms with Crippen LogP contribution in [0.2, 0.25) is 5.02 Å². The topological polar surface area (TPSA) is 85.8 Å². The molecule has 0 radical (unpaired) electrons. The molecular weight excluding hydrogens is 490 g/mol. The van der Waals surface area contributed by atoms with E-state index in [0.717, 1.165) is 64.7 Å². The van der Waals surface area contributed by atoms with E-state index in [4.69, 9.17) is 11.6 Å². The number of nitrogens with zero attached hydrogens (tertiary/aromatic N) is 4. The second kappa shape index (κ2) is 11.2. The second-order valence-corrected chi connectivity index (χ2v) is 10.7. The number of piperidine rings is 1. The molecule has 2 aromatic rings. The number of nitrogens with one attached hydrogen (secondary N) is 1. The maximum absolute atomic E-state index is 13.7. The molecule has 3 heterocycles. The van der Waals surface area contributed by atoms with Crippen LogP contribution in [0.5, 0.6) is 0 Å². The number of halogens is 1. The van der Waals surface area contributed by atoms with Gasteiger partial charge in [0.1, 0.15) is 0 Å². The lowest BCUT2D eigenvalue weighted by molar-refractivity contribution is -0.132. The van der Waals surface area contributed by atoms with Crippen molar-refractivity contribution >= 4 is 46.5 Å². The first kappa shape index (κ1) is 25.7. The summed E-state index contributed by atoms with van der Waals surface area (Å²) in [5, 5.41) is 3.29. The van der Waals surface area contributed by atoms with Crippen LogP contribution in [-0.4, -0.2) is 65.2 Å². The Morgan fingerprint density at radius 1 is 1.16 bits per heavy atom. The van der Waals surface area contributed by atoms with Crippen molar-refractivity contribution < 1.29 is 14.4 Å². The van der Waals surface area contributed by atoms with Crippen molar-refractivity contribution in [1.82, 2.24) is 14.8 Å². The predicted molar refractivity (Wildman–Crippen MR) is 144 cm³/mol. The standard InChI is InChI=1S/C28H34ClN5O3/c1-2-33(28(37)20-7-8-20)14-4-5-19-11-15-32(16-12-19)18-25(35)34-24-10-9-21(29)17-22(24)27(36)31-23-6-3-13-30-26(23)34/h3,6,9-10,13,17,19-20H,2,4-5,7-8,11-12,14-16,18H2,1H3,(H,31,36). The number of benzene rings is 1. The fourth-order valence-electron chi connectivity index (χ4n) is 5.39. The minimum Gasteiger partial charge on any atom is -0.343 e. The van der Waals surface area contributed by atoms with Crippen LogP contribution in [0.4, 0.5) is 17.2 Å². The van der Waals surface area contributed by atoms with Crippen LogP contribution in [0.25, 0.3) is 0 Å². The highest BCUT2D eigenvalue weighted by molar-refractivity contribution is 6.31. The molecular formula is C28H34ClN5O3. The van der Waals surface area contributed by atoms with Crippen LogP contribution >= 0.6 is 11.6 Å². The molecule has 196 valence electrons. The minimum absolute atomic E-state index is 0.129. The summed E-state index contributed by atoms with van der Waals surface area (Å²) in [7, 11) is 0. The number of anilines is 3. The molecule has 2 aliphatic heterocycles. The Labute approximate surface area is 223 Å². The largest absolute Gasteiger partial charge is 0.343 e. The highest BCUT2D eigenvalue weighted by Crippen LogP contribution is 2.37. The van der Waals surface area contributed by atoms with Crippen LogP contribution in [0.1, 0.15) is 55.8 Å². The van der Waals surface area contributed by atoms with Gasteiger partial charge in [-0.1, -0.05) is 11.6 Å². The smallest absolute Gasteiger partial charge is 0.257 e. The number of hydrogen-bond acceptors (Lipinski definition) is 5. The fraction of sp³-hybridized carbons (Fsp3) is 0.500. The molecule has 1 aromatic carbocycles. The number of rotatable bonds is 8. The van der Waals surface area contributed by atoms with Crippen molar-refractivity contribution in [3.8, 4) is 0 Å². The summed E-state index contributed by atoms with van der Waals surface area (Å²) in [5.41, 5.74) is 1.33. The highest BCUT2D eigenvalue weighted by atomic mass is 35.5. The molecule has 9 heteroatoms. The van der Waals surface area contributed by atoms with E-state index in [1.165, 1.54) is 0 Å². The zero-order valence-electron chi connectivity index (χ0n) is 21.3. The Morgan fingerprint density at radius 3 is 2.68 bits per heavy atom. The van der Waals surface area contributed by atoms with Gasteiger partial charge in [-0.2, -0.15) is 0 Å². The molecule has 2 fully saturated rings. The van der Waals surface area contributed by atoms with Crippen LogP contribution < -0.4 is 10.2 Å². The number of amides is 3. The van der Waals surface area contributed by atoms with Crippen molar-refractivity contribution in [3.63, 3.8) is 0 Å². The van der Waals surface area contributed by atoms with Crippen LogP contribution in [0.3, 0.4) is 0 Å². The van der Waals surface area contributed by atoms with Crippen molar-refractivity contribution in [1.29, 1.82) is 0 Å². The lowest BCUT2D eigenvalue weighted by atomic mass is 9.92. The van der Waals surface area contributed by atoms with E-state index in [1.807, 2.05) is 4.90 Å². The van der Waals surface area contributed by atoms with Gasteiger partial charge in [-0.3, -0.25) is 24.2 Å². The first-order chi connectivity index (χ1) is 17.9. The molecule has 1 aromatic heterocycles. The van der Waals surface area contributed by atoms with Crippen LogP contribution in [-0.2, 0) is 9.59 Å². The SMILES string of the molecule is CCN(CCCC1CCN(CC(=O)N2c3ccc(Cl)cc3C(=O)Nc3cccnc32)CC1)C(=O)C1CC1. The molecule has 3 amide bonds. The van der Waals surface area contributed by atoms with Gasteiger partial charge in [-0.15, -0.1) is 0 Å². The quantitative estimate of drug-likeness (QED) is 0.541. The summed E-state index contributed by atoms with van der Waals surface area (Å²) in [6, 6.07) is 8.46. The molecule has 1 saturated carbocycles. The number of pyridine rings is 1. The van der Waals surface area contributed by atoms with E-state index < -0.39 is 0 Å². The molecule has 0 atom stereocenters. The van der Waals surface area contributed by atoms with Crippen LogP contribution in [0, 0.1) is 11.8 Å². The summed E-state index contributed by atoms with van der Waals surface area (Å²) >= 11 is 6.17. The van der Waals surface area contributed by atoms with E-state index >= 15 is 0 Å². The molecule has 0 spiro atoms. The maximum Gasteiger partial charge on any atom is 0.257 e. The molecule has 37 heavy (non-hydrogen) atoms. The van der Waals surface area contributed by atoms with Gasteiger partial charge in [0.05, 0.1) is 23.5 Å².